The SMILES string of the molecule is C[SiH2]O[Si](C)(C(F)(F)F)C(F)(F)F. The summed E-state index contributed by atoms with van der Waals surface area (Å²) in [5, 5.41) is 0. The van der Waals surface area contributed by atoms with Gasteiger partial charge in [-0.3, -0.25) is 0 Å². The third-order valence-electron chi connectivity index (χ3n) is 1.51. The molecule has 0 N–H and O–H groups in total. The van der Waals surface area contributed by atoms with Crippen molar-refractivity contribution in [3.63, 3.8) is 0 Å². The summed E-state index contributed by atoms with van der Waals surface area (Å²) >= 11 is 0. The van der Waals surface area contributed by atoms with Crippen molar-refractivity contribution in [1.29, 1.82) is 0 Å². The fourth-order valence-corrected chi connectivity index (χ4v) is 4.55. The van der Waals surface area contributed by atoms with Gasteiger partial charge in [0.05, 0.1) is 0 Å². The van der Waals surface area contributed by atoms with Crippen LogP contribution in [0.15, 0.2) is 0 Å². The van der Waals surface area contributed by atoms with Gasteiger partial charge in [0.15, 0.2) is 0 Å². The lowest BCUT2D eigenvalue weighted by atomic mass is 11.5. The van der Waals surface area contributed by atoms with E-state index >= 15 is 0 Å². The Morgan fingerprint density at radius 2 is 1.31 bits per heavy atom. The highest BCUT2D eigenvalue weighted by Gasteiger charge is 2.72. The molecule has 80 valence electrons. The van der Waals surface area contributed by atoms with Crippen LogP contribution >= 0.6 is 0 Å². The summed E-state index contributed by atoms with van der Waals surface area (Å²) in [5.74, 6) is -10.6. The highest BCUT2D eigenvalue weighted by atomic mass is 28.4. The van der Waals surface area contributed by atoms with Gasteiger partial charge in [-0.2, -0.15) is 26.3 Å². The van der Waals surface area contributed by atoms with Gasteiger partial charge in [-0.05, 0) is 6.55 Å². The molecule has 0 aromatic rings. The molecule has 0 aromatic heterocycles. The first-order chi connectivity index (χ1) is 5.56. The van der Waals surface area contributed by atoms with Crippen LogP contribution < -0.4 is 0 Å². The highest BCUT2D eigenvalue weighted by molar-refractivity contribution is 6.79. The van der Waals surface area contributed by atoms with Crippen molar-refractivity contribution < 1.29 is 30.5 Å². The summed E-state index contributed by atoms with van der Waals surface area (Å²) < 4.78 is 76.1. The first kappa shape index (κ1) is 13.0. The third kappa shape index (κ3) is 2.47. The summed E-state index contributed by atoms with van der Waals surface area (Å²) in [6, 6.07) is 0. The van der Waals surface area contributed by atoms with Crippen molar-refractivity contribution >= 4 is 18.1 Å². The lowest BCUT2D eigenvalue weighted by Crippen LogP contribution is -2.62. The Morgan fingerprint density at radius 3 is 1.38 bits per heavy atom. The quantitative estimate of drug-likeness (QED) is 0.531. The van der Waals surface area contributed by atoms with Crippen LogP contribution in [0, 0.1) is 0 Å². The monoisotopic (exact) mass is 242 g/mol. The van der Waals surface area contributed by atoms with Gasteiger partial charge < -0.3 is 4.12 Å². The van der Waals surface area contributed by atoms with E-state index in [1.54, 1.807) is 0 Å². The molecular weight excluding hydrogens is 234 g/mol. The largest absolute Gasteiger partial charge is 0.449 e. The summed E-state index contributed by atoms with van der Waals surface area (Å²) in [6.07, 6.45) is 0. The van der Waals surface area contributed by atoms with Gasteiger partial charge >= 0.3 is 19.9 Å². The third-order valence-corrected chi connectivity index (χ3v) is 7.14. The van der Waals surface area contributed by atoms with E-state index in [9.17, 15) is 26.3 Å². The summed E-state index contributed by atoms with van der Waals surface area (Å²) in [5.41, 5.74) is 0. The number of hydrogen-bond acceptors (Lipinski definition) is 1. The maximum absolute atomic E-state index is 12.0. The highest BCUT2D eigenvalue weighted by Crippen LogP contribution is 2.41. The average molecular weight is 242 g/mol. The second-order valence-corrected chi connectivity index (χ2v) is 7.39. The second kappa shape index (κ2) is 3.61. The van der Waals surface area contributed by atoms with Crippen LogP contribution in [-0.4, -0.2) is 29.7 Å². The molecule has 0 heterocycles. The molecule has 0 saturated heterocycles. The Hall–Kier alpha value is -0.0262. The zero-order chi connectivity index (χ0) is 10.9. The standard InChI is InChI=1S/C4H8F6OSi2/c1-12-11-13(2,3(5,6)7)4(8,9)10/h12H2,1-2H3. The van der Waals surface area contributed by atoms with Crippen LogP contribution in [0.3, 0.4) is 0 Å². The number of rotatable bonds is 2. The first-order valence-corrected chi connectivity index (χ1v) is 7.73. The number of halogens is 6. The molecule has 1 nitrogen and oxygen atoms in total. The predicted molar refractivity (Wildman–Crippen MR) is 39.2 cm³/mol. The van der Waals surface area contributed by atoms with Crippen molar-refractivity contribution in [3.8, 4) is 0 Å². The summed E-state index contributed by atoms with van der Waals surface area (Å²) in [6.45, 7) is 1.38. The molecule has 9 heteroatoms. The Bertz CT molecular complexity index is 160. The molecule has 13 heavy (non-hydrogen) atoms. The Labute approximate surface area is 74.1 Å². The predicted octanol–water partition coefficient (Wildman–Crippen LogP) is 1.91. The average Bonchev–Trinajstić information content (AvgIpc) is 1.82. The topological polar surface area (TPSA) is 9.23 Å². The van der Waals surface area contributed by atoms with Crippen molar-refractivity contribution in [2.24, 2.45) is 0 Å². The molecule has 0 bridgehead atoms. The van der Waals surface area contributed by atoms with Gasteiger partial charge in [0.1, 0.15) is 9.76 Å². The van der Waals surface area contributed by atoms with Gasteiger partial charge in [-0.15, -0.1) is 0 Å². The van der Waals surface area contributed by atoms with E-state index in [4.69, 9.17) is 0 Å². The number of alkyl halides is 6. The van der Waals surface area contributed by atoms with Crippen LogP contribution in [0.2, 0.25) is 13.1 Å². The van der Waals surface area contributed by atoms with Crippen LogP contribution in [0.4, 0.5) is 26.3 Å². The molecular formula is C4H8F6OSi2. The van der Waals surface area contributed by atoms with Gasteiger partial charge in [-0.25, -0.2) is 0 Å². The molecule has 0 fully saturated rings. The number of hydrogen-bond donors (Lipinski definition) is 0. The Morgan fingerprint density at radius 1 is 1.00 bits per heavy atom. The molecule has 0 aromatic carbocycles. The van der Waals surface area contributed by atoms with Gasteiger partial charge in [-0.1, -0.05) is 6.55 Å². The van der Waals surface area contributed by atoms with Crippen molar-refractivity contribution in [2.45, 2.75) is 24.7 Å². The fourth-order valence-electron chi connectivity index (χ4n) is 0.613. The van der Waals surface area contributed by atoms with Crippen LogP contribution in [0.1, 0.15) is 0 Å². The minimum absolute atomic E-state index is 0.142. The molecule has 0 rings (SSSR count). The van der Waals surface area contributed by atoms with Crippen molar-refractivity contribution in [2.75, 3.05) is 0 Å². The molecule has 0 spiro atoms. The van der Waals surface area contributed by atoms with E-state index < -0.39 is 29.7 Å². The lowest BCUT2D eigenvalue weighted by Gasteiger charge is -2.30. The van der Waals surface area contributed by atoms with E-state index in [2.05, 4.69) is 4.12 Å². The molecule has 0 atom stereocenters. The summed E-state index contributed by atoms with van der Waals surface area (Å²) in [7, 11) is -7.32. The minimum Gasteiger partial charge on any atom is -0.449 e. The van der Waals surface area contributed by atoms with Gasteiger partial charge in [0, 0.05) is 0 Å². The summed E-state index contributed by atoms with van der Waals surface area (Å²) in [4.78, 5) is 0. The molecule has 0 saturated carbocycles. The van der Waals surface area contributed by atoms with Gasteiger partial charge in [0.25, 0.3) is 0 Å². The van der Waals surface area contributed by atoms with E-state index in [1.807, 2.05) is 0 Å². The molecule has 0 unspecified atom stereocenters. The Balaban J connectivity index is 4.96. The van der Waals surface area contributed by atoms with Crippen LogP contribution in [0.5, 0.6) is 0 Å². The normalized spacial score (nSPS) is 15.7. The fraction of sp³-hybridized carbons (Fsp3) is 1.00. The first-order valence-electron chi connectivity index (χ1n) is 3.33. The molecule has 0 amide bonds. The van der Waals surface area contributed by atoms with Crippen molar-refractivity contribution in [3.05, 3.63) is 0 Å². The smallest absolute Gasteiger partial charge is 0.420 e. The van der Waals surface area contributed by atoms with E-state index in [0.29, 0.717) is 0 Å². The zero-order valence-corrected chi connectivity index (χ0v) is 9.30. The second-order valence-electron chi connectivity index (χ2n) is 2.46. The Kier molecular flexibility index (Phi) is 3.61. The molecule has 0 aliphatic carbocycles. The molecule has 0 radical (unpaired) electrons. The minimum atomic E-state index is -5.59. The van der Waals surface area contributed by atoms with E-state index in [-0.39, 0.29) is 6.55 Å². The zero-order valence-electron chi connectivity index (χ0n) is 6.88. The van der Waals surface area contributed by atoms with Gasteiger partial charge in [0.2, 0.25) is 0 Å². The molecule has 0 aliphatic heterocycles. The van der Waals surface area contributed by atoms with Crippen molar-refractivity contribution in [1.82, 2.24) is 0 Å². The van der Waals surface area contributed by atoms with Crippen LogP contribution in [0.25, 0.3) is 0 Å². The maximum atomic E-state index is 12.0. The maximum Gasteiger partial charge on any atom is 0.420 e. The van der Waals surface area contributed by atoms with E-state index in [1.165, 1.54) is 6.55 Å². The van der Waals surface area contributed by atoms with E-state index in [0.717, 1.165) is 0 Å². The van der Waals surface area contributed by atoms with Crippen LogP contribution in [-0.2, 0) is 4.12 Å². The lowest BCUT2D eigenvalue weighted by molar-refractivity contribution is -0.128. The molecule has 0 aliphatic rings.